The first-order valence-electron chi connectivity index (χ1n) is 14.0. The number of esters is 1. The number of nitrogens with zero attached hydrogens (tertiary/aromatic N) is 3. The third kappa shape index (κ3) is 6.11. The van der Waals surface area contributed by atoms with Crippen molar-refractivity contribution in [3.05, 3.63) is 60.0 Å². The predicted octanol–water partition coefficient (Wildman–Crippen LogP) is 5.82. The standard InChI is InChI=1S/C31H38N4O6/c1-31(2,3)41-30(37)34-17-14-20(15-18-34)23-13-16-32-35-27(29(36)39-5)26(33-28(23)35)21-11-12-24(25(19-21)38-4)40-22-9-7-6-8-10-22/h6-12,19-20,23,32H,13-18H2,1-5H3. The first-order chi connectivity index (χ1) is 19.7. The lowest BCUT2D eigenvalue weighted by Gasteiger charge is -2.38. The molecule has 1 unspecified atom stereocenters. The summed E-state index contributed by atoms with van der Waals surface area (Å²) in [4.78, 5) is 32.5. The first-order valence-corrected chi connectivity index (χ1v) is 14.0. The van der Waals surface area contributed by atoms with Crippen molar-refractivity contribution < 1.29 is 28.5 Å². The SMILES string of the molecule is COC(=O)c1c(-c2ccc(Oc3ccccc3)c(OC)c2)nc2n1NCCC2C1CCN(C(=O)OC(C)(C)C)CC1. The van der Waals surface area contributed by atoms with E-state index in [1.165, 1.54) is 7.11 Å². The molecule has 1 amide bonds. The Balaban J connectivity index is 1.43. The molecule has 0 spiro atoms. The molecule has 1 atom stereocenters. The van der Waals surface area contributed by atoms with Crippen molar-refractivity contribution >= 4 is 12.1 Å². The first kappa shape index (κ1) is 28.3. The van der Waals surface area contributed by atoms with Crippen LogP contribution >= 0.6 is 0 Å². The van der Waals surface area contributed by atoms with E-state index in [1.54, 1.807) is 16.7 Å². The van der Waals surface area contributed by atoms with E-state index in [0.717, 1.165) is 25.1 Å². The lowest BCUT2D eigenvalue weighted by molar-refractivity contribution is 0.0170. The Morgan fingerprint density at radius 1 is 0.976 bits per heavy atom. The van der Waals surface area contributed by atoms with E-state index in [2.05, 4.69) is 5.43 Å². The number of hydrogen-bond acceptors (Lipinski definition) is 8. The molecule has 5 rings (SSSR count). The van der Waals surface area contributed by atoms with Gasteiger partial charge in [-0.1, -0.05) is 18.2 Å². The molecule has 41 heavy (non-hydrogen) atoms. The second-order valence-corrected chi connectivity index (χ2v) is 11.4. The molecule has 3 heterocycles. The molecule has 0 aliphatic carbocycles. The lowest BCUT2D eigenvalue weighted by atomic mass is 9.81. The van der Waals surface area contributed by atoms with Crippen LogP contribution in [0.2, 0.25) is 0 Å². The van der Waals surface area contributed by atoms with Gasteiger partial charge in [-0.15, -0.1) is 0 Å². The topological polar surface area (TPSA) is 104 Å². The summed E-state index contributed by atoms with van der Waals surface area (Å²) in [5, 5.41) is 0. The Hall–Kier alpha value is -4.21. The van der Waals surface area contributed by atoms with Crippen molar-refractivity contribution in [3.8, 4) is 28.5 Å². The van der Waals surface area contributed by atoms with Gasteiger partial charge >= 0.3 is 12.1 Å². The summed E-state index contributed by atoms with van der Waals surface area (Å²) in [6.45, 7) is 7.58. The minimum absolute atomic E-state index is 0.122. The third-order valence-electron chi connectivity index (χ3n) is 7.51. The fourth-order valence-corrected chi connectivity index (χ4v) is 5.57. The molecule has 10 nitrogen and oxygen atoms in total. The Bertz CT molecular complexity index is 1390. The number of piperidine rings is 1. The molecule has 1 aromatic heterocycles. The summed E-state index contributed by atoms with van der Waals surface area (Å²) < 4.78 is 24.2. The summed E-state index contributed by atoms with van der Waals surface area (Å²) in [6.07, 6.45) is 2.27. The number of aromatic nitrogens is 2. The maximum atomic E-state index is 13.1. The van der Waals surface area contributed by atoms with Crippen molar-refractivity contribution in [3.63, 3.8) is 0 Å². The van der Waals surface area contributed by atoms with E-state index in [4.69, 9.17) is 23.9 Å². The van der Waals surface area contributed by atoms with Crippen molar-refractivity contribution in [1.82, 2.24) is 14.6 Å². The smallest absolute Gasteiger partial charge is 0.410 e. The number of rotatable bonds is 6. The van der Waals surface area contributed by atoms with E-state index >= 15 is 0 Å². The van der Waals surface area contributed by atoms with Crippen LogP contribution < -0.4 is 14.9 Å². The van der Waals surface area contributed by atoms with Crippen LogP contribution in [0.1, 0.15) is 62.3 Å². The van der Waals surface area contributed by atoms with Crippen molar-refractivity contribution in [2.45, 2.75) is 51.6 Å². The van der Waals surface area contributed by atoms with Crippen LogP contribution in [0.4, 0.5) is 4.79 Å². The van der Waals surface area contributed by atoms with Gasteiger partial charge in [0.25, 0.3) is 0 Å². The van der Waals surface area contributed by atoms with Gasteiger partial charge in [-0.05, 0) is 76.3 Å². The Morgan fingerprint density at radius 2 is 1.71 bits per heavy atom. The Labute approximate surface area is 240 Å². The van der Waals surface area contributed by atoms with Crippen LogP contribution in [0.5, 0.6) is 17.2 Å². The van der Waals surface area contributed by atoms with Crippen LogP contribution in [0.25, 0.3) is 11.3 Å². The summed E-state index contributed by atoms with van der Waals surface area (Å²) in [7, 11) is 2.95. The second kappa shape index (κ2) is 11.7. The second-order valence-electron chi connectivity index (χ2n) is 11.4. The zero-order valence-electron chi connectivity index (χ0n) is 24.3. The molecular formula is C31H38N4O6. The number of imidazole rings is 1. The minimum atomic E-state index is -0.525. The van der Waals surface area contributed by atoms with Crippen molar-refractivity contribution in [2.75, 3.05) is 39.3 Å². The van der Waals surface area contributed by atoms with Crippen molar-refractivity contribution in [2.24, 2.45) is 5.92 Å². The molecule has 2 aliphatic rings. The number of fused-ring (bicyclic) bond motifs is 1. The molecule has 1 fully saturated rings. The summed E-state index contributed by atoms with van der Waals surface area (Å²) in [5.74, 6) is 2.52. The largest absolute Gasteiger partial charge is 0.493 e. The molecule has 0 saturated carbocycles. The van der Waals surface area contributed by atoms with Crippen LogP contribution in [0.15, 0.2) is 48.5 Å². The van der Waals surface area contributed by atoms with Gasteiger partial charge in [-0.3, -0.25) is 0 Å². The van der Waals surface area contributed by atoms with Gasteiger partial charge in [0.2, 0.25) is 0 Å². The molecule has 2 aromatic carbocycles. The van der Waals surface area contributed by atoms with Gasteiger partial charge in [-0.2, -0.15) is 0 Å². The van der Waals surface area contributed by atoms with Gasteiger partial charge < -0.3 is 29.3 Å². The number of benzene rings is 2. The molecule has 0 radical (unpaired) electrons. The number of carbonyl (C=O) groups is 2. The summed E-state index contributed by atoms with van der Waals surface area (Å²) in [6, 6.07) is 15.0. The maximum absolute atomic E-state index is 13.1. The molecular weight excluding hydrogens is 524 g/mol. The van der Waals surface area contributed by atoms with E-state index < -0.39 is 11.6 Å². The minimum Gasteiger partial charge on any atom is -0.493 e. The zero-order valence-corrected chi connectivity index (χ0v) is 24.3. The highest BCUT2D eigenvalue weighted by atomic mass is 16.6. The molecule has 0 bridgehead atoms. The van der Waals surface area contributed by atoms with Gasteiger partial charge in [0, 0.05) is 31.1 Å². The van der Waals surface area contributed by atoms with Crippen molar-refractivity contribution in [1.29, 1.82) is 0 Å². The number of hydrogen-bond donors (Lipinski definition) is 1. The monoisotopic (exact) mass is 562 g/mol. The third-order valence-corrected chi connectivity index (χ3v) is 7.51. The number of para-hydroxylation sites is 1. The fourth-order valence-electron chi connectivity index (χ4n) is 5.57. The van der Waals surface area contributed by atoms with Gasteiger partial charge in [0.15, 0.2) is 17.2 Å². The normalized spacial score (nSPS) is 17.3. The number of likely N-dealkylation sites (tertiary alicyclic amines) is 1. The Morgan fingerprint density at radius 3 is 2.37 bits per heavy atom. The van der Waals surface area contributed by atoms with E-state index in [0.29, 0.717) is 59.8 Å². The van der Waals surface area contributed by atoms with E-state index in [9.17, 15) is 9.59 Å². The number of carbonyl (C=O) groups excluding carboxylic acids is 2. The van der Waals surface area contributed by atoms with Crippen LogP contribution in [-0.4, -0.2) is 66.1 Å². The highest BCUT2D eigenvalue weighted by Gasteiger charge is 2.38. The van der Waals surface area contributed by atoms with Gasteiger partial charge in [0.05, 0.1) is 14.2 Å². The number of ether oxygens (including phenoxy) is 4. The number of methoxy groups -OCH3 is 2. The molecule has 218 valence electrons. The zero-order chi connectivity index (χ0) is 29.1. The lowest BCUT2D eigenvalue weighted by Crippen LogP contribution is -2.43. The number of amides is 1. The van der Waals surface area contributed by atoms with E-state index in [-0.39, 0.29) is 12.0 Å². The quantitative estimate of drug-likeness (QED) is 0.375. The summed E-state index contributed by atoms with van der Waals surface area (Å²) in [5.41, 5.74) is 4.39. The van der Waals surface area contributed by atoms with Gasteiger partial charge in [-0.25, -0.2) is 19.2 Å². The predicted molar refractivity (Wildman–Crippen MR) is 154 cm³/mol. The average Bonchev–Trinajstić information content (AvgIpc) is 3.36. The maximum Gasteiger partial charge on any atom is 0.410 e. The van der Waals surface area contributed by atoms with Crippen LogP contribution in [-0.2, 0) is 9.47 Å². The summed E-state index contributed by atoms with van der Waals surface area (Å²) >= 11 is 0. The highest BCUT2D eigenvalue weighted by molar-refractivity contribution is 5.95. The fraction of sp³-hybridized carbons (Fsp3) is 0.452. The average molecular weight is 563 g/mol. The van der Waals surface area contributed by atoms with E-state index in [1.807, 2.05) is 69.3 Å². The number of nitrogens with one attached hydrogen (secondary N) is 1. The Kier molecular flexibility index (Phi) is 8.10. The molecule has 1 saturated heterocycles. The van der Waals surface area contributed by atoms with Crippen LogP contribution in [0.3, 0.4) is 0 Å². The molecule has 1 N–H and O–H groups in total. The van der Waals surface area contributed by atoms with Gasteiger partial charge in [0.1, 0.15) is 22.9 Å². The highest BCUT2D eigenvalue weighted by Crippen LogP contribution is 2.41. The molecule has 3 aromatic rings. The van der Waals surface area contributed by atoms with Crippen LogP contribution in [0, 0.1) is 5.92 Å². The molecule has 10 heteroatoms. The molecule has 2 aliphatic heterocycles.